The van der Waals surface area contributed by atoms with E-state index in [4.69, 9.17) is 4.52 Å². The van der Waals surface area contributed by atoms with E-state index in [1.807, 2.05) is 0 Å². The molecule has 0 unspecified atom stereocenters. The average Bonchev–Trinajstić information content (AvgIpc) is 3.19. The number of benzene rings is 1. The van der Waals surface area contributed by atoms with Crippen LogP contribution >= 0.6 is 0 Å². The van der Waals surface area contributed by atoms with Crippen LogP contribution in [-0.2, 0) is 0 Å². The quantitative estimate of drug-likeness (QED) is 0.510. The van der Waals surface area contributed by atoms with Crippen molar-refractivity contribution >= 4 is 11.4 Å². The molecule has 0 N–H and O–H groups in total. The first-order valence-corrected chi connectivity index (χ1v) is 8.89. The molecule has 27 heavy (non-hydrogen) atoms. The lowest BCUT2D eigenvalue weighted by atomic mass is 9.98. The summed E-state index contributed by atoms with van der Waals surface area (Å²) in [6, 6.07) is 8.64. The van der Waals surface area contributed by atoms with Crippen LogP contribution in [0.2, 0.25) is 0 Å². The van der Waals surface area contributed by atoms with Crippen molar-refractivity contribution in [2.45, 2.75) is 19.8 Å². The van der Waals surface area contributed by atoms with Crippen LogP contribution in [0, 0.1) is 16.0 Å². The summed E-state index contributed by atoms with van der Waals surface area (Å²) in [7, 11) is 0. The highest BCUT2D eigenvalue weighted by molar-refractivity contribution is 5.71. The SMILES string of the molecule is CC1CCN(c2ccc(-c3nc(-c4ccncc4)no3)cc2[N+](=O)[O-])CC1. The van der Waals surface area contributed by atoms with Crippen LogP contribution in [0.3, 0.4) is 0 Å². The van der Waals surface area contributed by atoms with Gasteiger partial charge in [0.25, 0.3) is 11.6 Å². The van der Waals surface area contributed by atoms with Crippen LogP contribution in [-0.4, -0.2) is 33.1 Å². The number of hydrogen-bond acceptors (Lipinski definition) is 7. The Bertz CT molecular complexity index is 949. The maximum Gasteiger partial charge on any atom is 0.293 e. The molecular formula is C19H19N5O3. The monoisotopic (exact) mass is 365 g/mol. The lowest BCUT2D eigenvalue weighted by Gasteiger charge is -2.31. The molecule has 8 heteroatoms. The standard InChI is InChI=1S/C19H19N5O3/c1-13-6-10-23(11-7-13)16-3-2-15(12-17(16)24(25)26)19-21-18(22-27-19)14-4-8-20-9-5-14/h2-5,8-9,12-13H,6-7,10-11H2,1H3. The molecule has 0 radical (unpaired) electrons. The highest BCUT2D eigenvalue weighted by Crippen LogP contribution is 2.35. The Labute approximate surface area is 156 Å². The van der Waals surface area contributed by atoms with Gasteiger partial charge in [0.15, 0.2) is 0 Å². The van der Waals surface area contributed by atoms with Gasteiger partial charge >= 0.3 is 0 Å². The highest BCUT2D eigenvalue weighted by atomic mass is 16.6. The van der Waals surface area contributed by atoms with Crippen molar-refractivity contribution in [1.82, 2.24) is 15.1 Å². The number of aromatic nitrogens is 3. The van der Waals surface area contributed by atoms with Crippen molar-refractivity contribution in [1.29, 1.82) is 0 Å². The van der Waals surface area contributed by atoms with Gasteiger partial charge in [-0.25, -0.2) is 0 Å². The van der Waals surface area contributed by atoms with E-state index < -0.39 is 0 Å². The van der Waals surface area contributed by atoms with E-state index in [2.05, 4.69) is 26.9 Å². The summed E-state index contributed by atoms with van der Waals surface area (Å²) >= 11 is 0. The molecule has 138 valence electrons. The number of piperidine rings is 1. The molecule has 0 aliphatic carbocycles. The summed E-state index contributed by atoms with van der Waals surface area (Å²) in [6.07, 6.45) is 5.37. The van der Waals surface area contributed by atoms with Gasteiger partial charge in [-0.2, -0.15) is 4.98 Å². The first-order valence-electron chi connectivity index (χ1n) is 8.89. The fourth-order valence-electron chi connectivity index (χ4n) is 3.28. The smallest absolute Gasteiger partial charge is 0.293 e. The van der Waals surface area contributed by atoms with E-state index in [0.717, 1.165) is 31.5 Å². The van der Waals surface area contributed by atoms with Crippen molar-refractivity contribution < 1.29 is 9.45 Å². The topological polar surface area (TPSA) is 98.2 Å². The maximum absolute atomic E-state index is 11.6. The van der Waals surface area contributed by atoms with Crippen molar-refractivity contribution in [3.8, 4) is 22.8 Å². The second-order valence-electron chi connectivity index (χ2n) is 6.79. The van der Waals surface area contributed by atoms with Crippen molar-refractivity contribution in [3.05, 3.63) is 52.8 Å². The van der Waals surface area contributed by atoms with E-state index in [1.54, 1.807) is 36.7 Å². The summed E-state index contributed by atoms with van der Waals surface area (Å²) in [4.78, 5) is 21.7. The lowest BCUT2D eigenvalue weighted by molar-refractivity contribution is -0.384. The Balaban J connectivity index is 1.66. The molecule has 4 rings (SSSR count). The number of pyridine rings is 1. The fraction of sp³-hybridized carbons (Fsp3) is 0.316. The molecule has 0 amide bonds. The largest absolute Gasteiger partial charge is 0.366 e. The number of anilines is 1. The summed E-state index contributed by atoms with van der Waals surface area (Å²) in [5.74, 6) is 1.33. The summed E-state index contributed by atoms with van der Waals surface area (Å²) in [5, 5.41) is 15.6. The van der Waals surface area contributed by atoms with Crippen LogP contribution in [0.1, 0.15) is 19.8 Å². The zero-order valence-electron chi connectivity index (χ0n) is 14.9. The van der Waals surface area contributed by atoms with Gasteiger partial charge in [-0.05, 0) is 43.0 Å². The molecule has 0 bridgehead atoms. The minimum Gasteiger partial charge on any atom is -0.366 e. The summed E-state index contributed by atoms with van der Waals surface area (Å²) in [6.45, 7) is 3.87. The molecule has 0 spiro atoms. The van der Waals surface area contributed by atoms with Crippen LogP contribution in [0.4, 0.5) is 11.4 Å². The van der Waals surface area contributed by atoms with Crippen LogP contribution in [0.5, 0.6) is 0 Å². The second kappa shape index (κ2) is 7.14. The summed E-state index contributed by atoms with van der Waals surface area (Å²) < 4.78 is 5.32. The zero-order chi connectivity index (χ0) is 18.8. The molecular weight excluding hydrogens is 346 g/mol. The second-order valence-corrected chi connectivity index (χ2v) is 6.79. The number of hydrogen-bond donors (Lipinski definition) is 0. The lowest BCUT2D eigenvalue weighted by Crippen LogP contribution is -2.33. The maximum atomic E-state index is 11.6. The van der Waals surface area contributed by atoms with Gasteiger partial charge in [-0.1, -0.05) is 12.1 Å². The minimum atomic E-state index is -0.350. The van der Waals surface area contributed by atoms with Crippen LogP contribution in [0.25, 0.3) is 22.8 Å². The Morgan fingerprint density at radius 1 is 1.15 bits per heavy atom. The van der Waals surface area contributed by atoms with Crippen molar-refractivity contribution in [2.75, 3.05) is 18.0 Å². The Hall–Kier alpha value is -3.29. The molecule has 1 aliphatic heterocycles. The van der Waals surface area contributed by atoms with E-state index in [1.165, 1.54) is 6.07 Å². The first kappa shape index (κ1) is 17.1. The molecule has 3 aromatic rings. The molecule has 0 saturated carbocycles. The third kappa shape index (κ3) is 3.51. The van der Waals surface area contributed by atoms with Gasteiger partial charge in [0, 0.05) is 42.7 Å². The van der Waals surface area contributed by atoms with E-state index >= 15 is 0 Å². The third-order valence-corrected chi connectivity index (χ3v) is 4.91. The van der Waals surface area contributed by atoms with Gasteiger partial charge in [0.2, 0.25) is 5.82 Å². The molecule has 1 saturated heterocycles. The predicted octanol–water partition coefficient (Wildman–Crippen LogP) is 3.94. The number of nitrogens with zero attached hydrogens (tertiary/aromatic N) is 5. The number of nitro benzene ring substituents is 1. The molecule has 1 fully saturated rings. The predicted molar refractivity (Wildman–Crippen MR) is 100 cm³/mol. The van der Waals surface area contributed by atoms with E-state index in [0.29, 0.717) is 23.0 Å². The van der Waals surface area contributed by atoms with Crippen molar-refractivity contribution in [2.24, 2.45) is 5.92 Å². The van der Waals surface area contributed by atoms with Gasteiger partial charge in [-0.3, -0.25) is 15.1 Å². The normalized spacial score (nSPS) is 15.1. The van der Waals surface area contributed by atoms with Crippen LogP contribution in [0.15, 0.2) is 47.2 Å². The Morgan fingerprint density at radius 2 is 1.89 bits per heavy atom. The van der Waals surface area contributed by atoms with E-state index in [-0.39, 0.29) is 16.5 Å². The molecule has 1 aliphatic rings. The summed E-state index contributed by atoms with van der Waals surface area (Å²) in [5.41, 5.74) is 2.01. The van der Waals surface area contributed by atoms with Crippen molar-refractivity contribution in [3.63, 3.8) is 0 Å². The van der Waals surface area contributed by atoms with E-state index in [9.17, 15) is 10.1 Å². The average molecular weight is 365 g/mol. The molecule has 2 aromatic heterocycles. The molecule has 1 aromatic carbocycles. The highest BCUT2D eigenvalue weighted by Gasteiger charge is 2.25. The Morgan fingerprint density at radius 3 is 2.59 bits per heavy atom. The third-order valence-electron chi connectivity index (χ3n) is 4.91. The zero-order valence-corrected chi connectivity index (χ0v) is 14.9. The Kier molecular flexibility index (Phi) is 4.53. The number of nitro groups is 1. The van der Waals surface area contributed by atoms with Gasteiger partial charge in [0.05, 0.1) is 4.92 Å². The number of rotatable bonds is 4. The molecule has 3 heterocycles. The molecule has 0 atom stereocenters. The molecule has 8 nitrogen and oxygen atoms in total. The van der Waals surface area contributed by atoms with Gasteiger partial charge < -0.3 is 9.42 Å². The first-order chi connectivity index (χ1) is 13.1. The van der Waals surface area contributed by atoms with Gasteiger partial charge in [0.1, 0.15) is 5.69 Å². The fourth-order valence-corrected chi connectivity index (χ4v) is 3.28. The van der Waals surface area contributed by atoms with Crippen LogP contribution < -0.4 is 4.90 Å². The minimum absolute atomic E-state index is 0.0608. The van der Waals surface area contributed by atoms with Gasteiger partial charge in [-0.15, -0.1) is 0 Å².